The topological polar surface area (TPSA) is 43.8 Å². The van der Waals surface area contributed by atoms with Crippen LogP contribution >= 0.6 is 11.6 Å². The number of rotatable bonds is 4. The first-order valence-corrected chi connectivity index (χ1v) is 7.61. The molecule has 0 aromatic heterocycles. The summed E-state index contributed by atoms with van der Waals surface area (Å²) in [6.45, 7) is 4.23. The molecule has 0 radical (unpaired) electrons. The molecule has 1 heterocycles. The predicted octanol–water partition coefficient (Wildman–Crippen LogP) is 1.89. The second kappa shape index (κ2) is 6.77. The number of nitrogens with zero attached hydrogens (tertiary/aromatic N) is 2. The lowest BCUT2D eigenvalue weighted by atomic mass is 9.97. The van der Waals surface area contributed by atoms with Gasteiger partial charge in [-0.15, -0.1) is 0 Å². The zero-order chi connectivity index (χ0) is 15.6. The highest BCUT2D eigenvalue weighted by molar-refractivity contribution is 6.31. The monoisotopic (exact) mass is 310 g/mol. The molecule has 2 atom stereocenters. The Morgan fingerprint density at radius 3 is 2.62 bits per heavy atom. The lowest BCUT2D eigenvalue weighted by Gasteiger charge is -2.20. The molecule has 0 saturated carbocycles. The maximum atomic E-state index is 12.6. The zero-order valence-corrected chi connectivity index (χ0v) is 13.6. The van der Waals surface area contributed by atoms with Crippen LogP contribution in [0.3, 0.4) is 0 Å². The van der Waals surface area contributed by atoms with Crippen molar-refractivity contribution >= 4 is 17.5 Å². The maximum Gasteiger partial charge on any atom is 0.253 e. The van der Waals surface area contributed by atoms with Gasteiger partial charge in [0.25, 0.3) is 5.91 Å². The molecule has 0 unspecified atom stereocenters. The maximum absolute atomic E-state index is 12.6. The van der Waals surface area contributed by atoms with Crippen molar-refractivity contribution in [3.8, 4) is 0 Å². The van der Waals surface area contributed by atoms with Crippen molar-refractivity contribution in [1.82, 2.24) is 9.80 Å². The third-order valence-corrected chi connectivity index (χ3v) is 4.53. The lowest BCUT2D eigenvalue weighted by molar-refractivity contribution is 0.0779. The molecular weight excluding hydrogens is 288 g/mol. The third kappa shape index (κ3) is 3.76. The first kappa shape index (κ1) is 16.3. The number of amides is 1. The summed E-state index contributed by atoms with van der Waals surface area (Å²) in [6.07, 6.45) is 0. The van der Waals surface area contributed by atoms with Gasteiger partial charge in [-0.05, 0) is 50.7 Å². The summed E-state index contributed by atoms with van der Waals surface area (Å²) in [7, 11) is 4.03. The summed E-state index contributed by atoms with van der Waals surface area (Å²) in [5.41, 5.74) is 1.57. The van der Waals surface area contributed by atoms with Crippen LogP contribution in [0.25, 0.3) is 0 Å². The van der Waals surface area contributed by atoms with Crippen LogP contribution in [0, 0.1) is 18.8 Å². The van der Waals surface area contributed by atoms with E-state index in [1.807, 2.05) is 32.0 Å². The van der Waals surface area contributed by atoms with Gasteiger partial charge >= 0.3 is 0 Å². The van der Waals surface area contributed by atoms with E-state index in [2.05, 4.69) is 4.90 Å². The number of carbonyl (C=O) groups is 1. The molecule has 1 N–H and O–H groups in total. The molecule has 1 aromatic carbocycles. The van der Waals surface area contributed by atoms with Gasteiger partial charge in [0.1, 0.15) is 0 Å². The Morgan fingerprint density at radius 1 is 1.38 bits per heavy atom. The molecule has 1 fully saturated rings. The Bertz CT molecular complexity index is 519. The third-order valence-electron chi connectivity index (χ3n) is 4.10. The van der Waals surface area contributed by atoms with E-state index >= 15 is 0 Å². The summed E-state index contributed by atoms with van der Waals surface area (Å²) in [5.74, 6) is 0.501. The SMILES string of the molecule is Cc1cc(C(=O)N2C[C@@H](CN(C)C)[C@@H](CO)C2)ccc1Cl. The van der Waals surface area contributed by atoms with Crippen molar-refractivity contribution in [2.75, 3.05) is 40.3 Å². The zero-order valence-electron chi connectivity index (χ0n) is 12.8. The first-order chi connectivity index (χ1) is 9.92. The van der Waals surface area contributed by atoms with Crippen LogP contribution < -0.4 is 0 Å². The molecule has 1 amide bonds. The number of carbonyl (C=O) groups excluding carboxylic acids is 1. The average Bonchev–Trinajstić information content (AvgIpc) is 2.83. The van der Waals surface area contributed by atoms with Crippen molar-refractivity contribution in [3.63, 3.8) is 0 Å². The minimum atomic E-state index is 0.0227. The summed E-state index contributed by atoms with van der Waals surface area (Å²) in [5, 5.41) is 10.2. The molecule has 21 heavy (non-hydrogen) atoms. The van der Waals surface area contributed by atoms with Crippen LogP contribution in [0.2, 0.25) is 5.02 Å². The molecule has 4 nitrogen and oxygen atoms in total. The Labute approximate surface area is 131 Å². The van der Waals surface area contributed by atoms with Crippen LogP contribution in [0.15, 0.2) is 18.2 Å². The number of aryl methyl sites for hydroxylation is 1. The van der Waals surface area contributed by atoms with E-state index in [4.69, 9.17) is 11.6 Å². The highest BCUT2D eigenvalue weighted by atomic mass is 35.5. The van der Waals surface area contributed by atoms with Crippen LogP contribution in [-0.2, 0) is 0 Å². The van der Waals surface area contributed by atoms with Crippen molar-refractivity contribution in [2.24, 2.45) is 11.8 Å². The molecule has 5 heteroatoms. The van der Waals surface area contributed by atoms with Gasteiger partial charge in [0.15, 0.2) is 0 Å². The van der Waals surface area contributed by atoms with E-state index < -0.39 is 0 Å². The second-order valence-corrected chi connectivity index (χ2v) is 6.55. The first-order valence-electron chi connectivity index (χ1n) is 7.23. The van der Waals surface area contributed by atoms with Crippen LogP contribution in [0.4, 0.5) is 0 Å². The average molecular weight is 311 g/mol. The van der Waals surface area contributed by atoms with Crippen molar-refractivity contribution < 1.29 is 9.90 Å². The quantitative estimate of drug-likeness (QED) is 0.923. The summed E-state index contributed by atoms with van der Waals surface area (Å²) >= 11 is 6.01. The fraction of sp³-hybridized carbons (Fsp3) is 0.562. The molecular formula is C16H23ClN2O2. The molecule has 0 aliphatic carbocycles. The minimum Gasteiger partial charge on any atom is -0.396 e. The normalized spacial score (nSPS) is 22.1. The Morgan fingerprint density at radius 2 is 2.05 bits per heavy atom. The number of hydrogen-bond donors (Lipinski definition) is 1. The molecule has 1 aliphatic heterocycles. The molecule has 1 aromatic rings. The van der Waals surface area contributed by atoms with Crippen molar-refractivity contribution in [1.29, 1.82) is 0 Å². The second-order valence-electron chi connectivity index (χ2n) is 6.14. The molecule has 0 spiro atoms. The van der Waals surface area contributed by atoms with Gasteiger partial charge in [0, 0.05) is 42.7 Å². The number of halogens is 1. The summed E-state index contributed by atoms with van der Waals surface area (Å²) in [4.78, 5) is 16.5. The predicted molar refractivity (Wildman–Crippen MR) is 84.7 cm³/mol. The van der Waals surface area contributed by atoms with Gasteiger partial charge in [0.2, 0.25) is 0 Å². The van der Waals surface area contributed by atoms with Crippen LogP contribution in [0.5, 0.6) is 0 Å². The number of aliphatic hydroxyl groups is 1. The smallest absolute Gasteiger partial charge is 0.253 e. The van der Waals surface area contributed by atoms with E-state index in [9.17, 15) is 9.90 Å². The Balaban J connectivity index is 2.11. The summed E-state index contributed by atoms with van der Waals surface area (Å²) in [6, 6.07) is 5.36. The van der Waals surface area contributed by atoms with E-state index in [1.54, 1.807) is 12.1 Å². The lowest BCUT2D eigenvalue weighted by Crippen LogP contribution is -2.30. The number of benzene rings is 1. The van der Waals surface area contributed by atoms with E-state index in [0.717, 1.165) is 12.1 Å². The van der Waals surface area contributed by atoms with Gasteiger partial charge in [-0.1, -0.05) is 11.6 Å². The van der Waals surface area contributed by atoms with Gasteiger partial charge in [0.05, 0.1) is 0 Å². The van der Waals surface area contributed by atoms with E-state index in [1.165, 1.54) is 0 Å². The van der Waals surface area contributed by atoms with Gasteiger partial charge in [-0.25, -0.2) is 0 Å². The minimum absolute atomic E-state index is 0.0227. The number of aliphatic hydroxyl groups excluding tert-OH is 1. The van der Waals surface area contributed by atoms with E-state index in [-0.39, 0.29) is 18.4 Å². The standard InChI is InChI=1S/C16H23ClN2O2/c1-11-6-12(4-5-15(11)17)16(21)19-8-13(7-18(2)3)14(9-19)10-20/h4-6,13-14,20H,7-10H2,1-3H3/t13-,14-/m1/s1. The number of likely N-dealkylation sites (tertiary alicyclic amines) is 1. The molecule has 1 saturated heterocycles. The Kier molecular flexibility index (Phi) is 5.25. The fourth-order valence-corrected chi connectivity index (χ4v) is 3.07. The molecule has 116 valence electrons. The van der Waals surface area contributed by atoms with Crippen molar-refractivity contribution in [3.05, 3.63) is 34.3 Å². The van der Waals surface area contributed by atoms with Crippen LogP contribution in [0.1, 0.15) is 15.9 Å². The van der Waals surface area contributed by atoms with Crippen LogP contribution in [-0.4, -0.2) is 61.2 Å². The van der Waals surface area contributed by atoms with Crippen molar-refractivity contribution in [2.45, 2.75) is 6.92 Å². The Hall–Kier alpha value is -1.10. The molecule has 2 rings (SSSR count). The molecule has 0 bridgehead atoms. The van der Waals surface area contributed by atoms with Gasteiger partial charge < -0.3 is 14.9 Å². The fourth-order valence-electron chi connectivity index (χ4n) is 2.95. The highest BCUT2D eigenvalue weighted by Crippen LogP contribution is 2.26. The van der Waals surface area contributed by atoms with E-state index in [0.29, 0.717) is 29.6 Å². The largest absolute Gasteiger partial charge is 0.396 e. The highest BCUT2D eigenvalue weighted by Gasteiger charge is 2.35. The summed E-state index contributed by atoms with van der Waals surface area (Å²) < 4.78 is 0. The molecule has 1 aliphatic rings. The van der Waals surface area contributed by atoms with Gasteiger partial charge in [-0.2, -0.15) is 0 Å². The number of hydrogen-bond acceptors (Lipinski definition) is 3. The van der Waals surface area contributed by atoms with Gasteiger partial charge in [-0.3, -0.25) is 4.79 Å².